The van der Waals surface area contributed by atoms with Crippen LogP contribution < -0.4 is 4.74 Å². The minimum atomic E-state index is -0.198. The summed E-state index contributed by atoms with van der Waals surface area (Å²) in [7, 11) is 0. The van der Waals surface area contributed by atoms with Gasteiger partial charge in [0.15, 0.2) is 0 Å². The van der Waals surface area contributed by atoms with Crippen LogP contribution in [0.25, 0.3) is 0 Å². The summed E-state index contributed by atoms with van der Waals surface area (Å²) in [4.78, 5) is 2.48. The lowest BCUT2D eigenvalue weighted by atomic mass is 10.0. The lowest BCUT2D eigenvalue weighted by Gasteiger charge is -2.31. The van der Waals surface area contributed by atoms with Crippen molar-refractivity contribution in [2.45, 2.75) is 25.6 Å². The third-order valence-electron chi connectivity index (χ3n) is 5.81. The minimum absolute atomic E-state index is 0.0990. The highest BCUT2D eigenvalue weighted by molar-refractivity contribution is 5.38. The van der Waals surface area contributed by atoms with Gasteiger partial charge >= 0.3 is 0 Å². The van der Waals surface area contributed by atoms with Gasteiger partial charge in [-0.2, -0.15) is 0 Å². The molecule has 1 aromatic heterocycles. The lowest BCUT2D eigenvalue weighted by molar-refractivity contribution is 0.220. The second-order valence-corrected chi connectivity index (χ2v) is 7.97. The van der Waals surface area contributed by atoms with E-state index in [0.29, 0.717) is 0 Å². The topological polar surface area (TPSA) is 17.4 Å². The fourth-order valence-electron chi connectivity index (χ4n) is 4.39. The van der Waals surface area contributed by atoms with Gasteiger partial charge in [-0.3, -0.25) is 4.90 Å². The Kier molecular flexibility index (Phi) is 5.55. The molecule has 1 atom stereocenters. The molecule has 5 rings (SSSR count). The molecule has 2 heterocycles. The van der Waals surface area contributed by atoms with E-state index in [1.165, 1.54) is 11.3 Å². The number of hydrogen-bond donors (Lipinski definition) is 0. The number of halogens is 1. The Balaban J connectivity index is 1.50. The highest BCUT2D eigenvalue weighted by Gasteiger charge is 2.27. The summed E-state index contributed by atoms with van der Waals surface area (Å²) in [6.45, 7) is 2.73. The molecular formula is C27H25FN2O. The van der Waals surface area contributed by atoms with Gasteiger partial charge in [-0.15, -0.1) is 0 Å². The summed E-state index contributed by atoms with van der Waals surface area (Å²) in [6, 6.07) is 29.5. The van der Waals surface area contributed by atoms with E-state index in [0.717, 1.165) is 43.1 Å². The number of benzene rings is 3. The summed E-state index contributed by atoms with van der Waals surface area (Å²) in [6.07, 6.45) is 3.23. The van der Waals surface area contributed by atoms with Crippen molar-refractivity contribution in [1.29, 1.82) is 0 Å². The number of fused-ring (bicyclic) bond motifs is 1. The van der Waals surface area contributed by atoms with Crippen molar-refractivity contribution in [2.75, 3.05) is 6.54 Å². The molecule has 0 fully saturated rings. The molecule has 0 saturated heterocycles. The fraction of sp³-hybridized carbons (Fsp3) is 0.185. The molecule has 0 spiro atoms. The van der Waals surface area contributed by atoms with Crippen molar-refractivity contribution >= 4 is 0 Å². The minimum Gasteiger partial charge on any atom is -0.457 e. The van der Waals surface area contributed by atoms with E-state index in [1.807, 2.05) is 48.5 Å². The lowest BCUT2D eigenvalue weighted by Crippen LogP contribution is -2.29. The van der Waals surface area contributed by atoms with E-state index in [1.54, 1.807) is 12.1 Å². The summed E-state index contributed by atoms with van der Waals surface area (Å²) in [5.74, 6) is 1.45. The van der Waals surface area contributed by atoms with Crippen molar-refractivity contribution in [3.8, 4) is 11.5 Å². The van der Waals surface area contributed by atoms with Crippen LogP contribution in [0.4, 0.5) is 4.39 Å². The highest BCUT2D eigenvalue weighted by atomic mass is 19.1. The number of ether oxygens (including phenoxy) is 1. The number of para-hydroxylation sites is 1. The molecule has 0 saturated carbocycles. The van der Waals surface area contributed by atoms with Crippen LogP contribution >= 0.6 is 0 Å². The van der Waals surface area contributed by atoms with Gasteiger partial charge in [0, 0.05) is 31.5 Å². The van der Waals surface area contributed by atoms with Gasteiger partial charge in [0.1, 0.15) is 17.3 Å². The number of rotatable bonds is 5. The van der Waals surface area contributed by atoms with E-state index < -0.39 is 0 Å². The first kappa shape index (κ1) is 19.6. The fourth-order valence-corrected chi connectivity index (χ4v) is 4.39. The predicted octanol–water partition coefficient (Wildman–Crippen LogP) is 6.41. The Morgan fingerprint density at radius 3 is 2.45 bits per heavy atom. The first-order chi connectivity index (χ1) is 15.3. The zero-order valence-electron chi connectivity index (χ0n) is 17.3. The summed E-state index contributed by atoms with van der Waals surface area (Å²) < 4.78 is 21.9. The van der Waals surface area contributed by atoms with Crippen molar-refractivity contribution in [1.82, 2.24) is 9.47 Å². The van der Waals surface area contributed by atoms with Crippen LogP contribution in [-0.4, -0.2) is 16.0 Å². The average Bonchev–Trinajstić information content (AvgIpc) is 3.17. The SMILES string of the molecule is Fc1ccc(CN2CCCn3cccc3[C@@H]2c2cccc(Oc3ccccc3)c2)cc1. The normalized spacial score (nSPS) is 16.5. The molecule has 4 heteroatoms. The number of hydrogen-bond acceptors (Lipinski definition) is 2. The van der Waals surface area contributed by atoms with Gasteiger partial charge in [-0.25, -0.2) is 4.39 Å². The van der Waals surface area contributed by atoms with E-state index in [-0.39, 0.29) is 11.9 Å². The number of nitrogens with zero attached hydrogens (tertiary/aromatic N) is 2. The maximum atomic E-state index is 13.4. The standard InChI is InChI=1S/C27H25FN2O/c28-23-14-12-21(13-15-23)20-30-18-6-17-29-16-5-11-26(29)27(30)22-7-4-10-25(19-22)31-24-8-2-1-3-9-24/h1-5,7-16,19,27H,6,17-18,20H2/t27-/m0/s1. The zero-order valence-corrected chi connectivity index (χ0v) is 17.3. The van der Waals surface area contributed by atoms with Crippen LogP contribution in [0.15, 0.2) is 97.2 Å². The summed E-state index contributed by atoms with van der Waals surface area (Å²) >= 11 is 0. The van der Waals surface area contributed by atoms with Gasteiger partial charge in [-0.05, 0) is 66.1 Å². The Morgan fingerprint density at radius 1 is 0.806 bits per heavy atom. The van der Waals surface area contributed by atoms with E-state index >= 15 is 0 Å². The molecule has 3 nitrogen and oxygen atoms in total. The van der Waals surface area contributed by atoms with E-state index in [2.05, 4.69) is 46.0 Å². The maximum Gasteiger partial charge on any atom is 0.127 e. The van der Waals surface area contributed by atoms with Gasteiger partial charge in [0.2, 0.25) is 0 Å². The summed E-state index contributed by atoms with van der Waals surface area (Å²) in [5.41, 5.74) is 3.58. The molecule has 156 valence electrons. The third-order valence-corrected chi connectivity index (χ3v) is 5.81. The molecule has 1 aliphatic heterocycles. The van der Waals surface area contributed by atoms with E-state index in [9.17, 15) is 4.39 Å². The van der Waals surface area contributed by atoms with Crippen LogP contribution in [0.1, 0.15) is 29.3 Å². The van der Waals surface area contributed by atoms with Crippen LogP contribution in [0, 0.1) is 5.82 Å². The maximum absolute atomic E-state index is 13.4. The smallest absolute Gasteiger partial charge is 0.127 e. The van der Waals surface area contributed by atoms with Crippen LogP contribution in [-0.2, 0) is 13.1 Å². The number of aryl methyl sites for hydroxylation is 1. The van der Waals surface area contributed by atoms with Crippen molar-refractivity contribution in [2.24, 2.45) is 0 Å². The van der Waals surface area contributed by atoms with Gasteiger partial charge in [0.25, 0.3) is 0 Å². The first-order valence-electron chi connectivity index (χ1n) is 10.7. The Bertz CT molecular complexity index is 1140. The third kappa shape index (κ3) is 4.39. The van der Waals surface area contributed by atoms with Gasteiger partial charge in [0.05, 0.1) is 6.04 Å². The van der Waals surface area contributed by atoms with Crippen molar-refractivity contribution in [3.05, 3.63) is 120 Å². The molecule has 1 aliphatic rings. The molecule has 31 heavy (non-hydrogen) atoms. The first-order valence-corrected chi connectivity index (χ1v) is 10.7. The second kappa shape index (κ2) is 8.78. The van der Waals surface area contributed by atoms with E-state index in [4.69, 9.17) is 4.74 Å². The van der Waals surface area contributed by atoms with Crippen molar-refractivity contribution < 1.29 is 9.13 Å². The Hall–Kier alpha value is -3.37. The average molecular weight is 413 g/mol. The Morgan fingerprint density at radius 2 is 1.61 bits per heavy atom. The molecule has 0 bridgehead atoms. The predicted molar refractivity (Wildman–Crippen MR) is 121 cm³/mol. The van der Waals surface area contributed by atoms with Gasteiger partial charge in [-0.1, -0.05) is 42.5 Å². The second-order valence-electron chi connectivity index (χ2n) is 7.97. The Labute approximate surface area is 182 Å². The van der Waals surface area contributed by atoms with Gasteiger partial charge < -0.3 is 9.30 Å². The quantitative estimate of drug-likeness (QED) is 0.377. The van der Waals surface area contributed by atoms with Crippen LogP contribution in [0.3, 0.4) is 0 Å². The number of aromatic nitrogens is 1. The molecule has 0 radical (unpaired) electrons. The monoisotopic (exact) mass is 412 g/mol. The molecule has 4 aromatic rings. The van der Waals surface area contributed by atoms with Crippen molar-refractivity contribution in [3.63, 3.8) is 0 Å². The molecule has 0 aliphatic carbocycles. The highest BCUT2D eigenvalue weighted by Crippen LogP contribution is 2.35. The van der Waals surface area contributed by atoms with Crippen LogP contribution in [0.2, 0.25) is 0 Å². The zero-order chi connectivity index (χ0) is 21.0. The molecule has 3 aromatic carbocycles. The van der Waals surface area contributed by atoms with Crippen LogP contribution in [0.5, 0.6) is 11.5 Å². The molecule has 0 N–H and O–H groups in total. The summed E-state index contributed by atoms with van der Waals surface area (Å²) in [5, 5.41) is 0. The molecule has 0 unspecified atom stereocenters. The largest absolute Gasteiger partial charge is 0.457 e. The molecule has 0 amide bonds. The molecular weight excluding hydrogens is 387 g/mol.